The summed E-state index contributed by atoms with van der Waals surface area (Å²) in [4.78, 5) is 0. The predicted octanol–water partition coefficient (Wildman–Crippen LogP) is 1.52. The molecule has 4 fully saturated rings. The zero-order valence-electron chi connectivity index (χ0n) is 31.3. The molecule has 0 saturated carbocycles. The van der Waals surface area contributed by atoms with Crippen molar-refractivity contribution in [3.8, 4) is 0 Å². The molecule has 4 aliphatic rings. The van der Waals surface area contributed by atoms with Crippen LogP contribution in [0.3, 0.4) is 0 Å². The van der Waals surface area contributed by atoms with Gasteiger partial charge in [-0.15, -0.1) is 0 Å². The molecule has 4 heterocycles. The monoisotopic (exact) mass is 736 g/mol. The van der Waals surface area contributed by atoms with Crippen molar-refractivity contribution in [1.82, 2.24) is 56.0 Å². The molecule has 16 nitrogen and oxygen atoms in total. The Bertz CT molecular complexity index is 847. The van der Waals surface area contributed by atoms with E-state index in [4.69, 9.17) is 0 Å². The molecule has 264 valence electrons. The van der Waals surface area contributed by atoms with Gasteiger partial charge in [-0.3, -0.25) is 18.3 Å². The molecule has 0 aromatic heterocycles. The Labute approximate surface area is 291 Å². The second kappa shape index (κ2) is 18.4. The van der Waals surface area contributed by atoms with Gasteiger partial charge in [0.25, 0.3) is 0 Å². The van der Waals surface area contributed by atoms with Crippen molar-refractivity contribution in [3.63, 3.8) is 0 Å². The molecule has 21 heteroatoms. The summed E-state index contributed by atoms with van der Waals surface area (Å²) < 4.78 is 64.5. The summed E-state index contributed by atoms with van der Waals surface area (Å²) in [5, 5.41) is 0. The Morgan fingerprint density at radius 1 is 0.289 bits per heavy atom. The van der Waals surface area contributed by atoms with E-state index in [1.54, 1.807) is 0 Å². The van der Waals surface area contributed by atoms with Crippen LogP contribution in [-0.2, 0) is 0 Å². The van der Waals surface area contributed by atoms with Crippen molar-refractivity contribution in [3.05, 3.63) is 0 Å². The van der Waals surface area contributed by atoms with E-state index in [1.165, 1.54) is 0 Å². The average Bonchev–Trinajstić information content (AvgIpc) is 3.73. The average molecular weight is 737 g/mol. The summed E-state index contributed by atoms with van der Waals surface area (Å²) in [5.74, 6) is 0. The Morgan fingerprint density at radius 3 is 0.400 bits per heavy atom. The predicted molar refractivity (Wildman–Crippen MR) is 197 cm³/mol. The summed E-state index contributed by atoms with van der Waals surface area (Å²) in [6.45, 7) is 8.23. The van der Waals surface area contributed by atoms with Gasteiger partial charge < -0.3 is 0 Å². The summed E-state index contributed by atoms with van der Waals surface area (Å²) in [5.41, 5.74) is 0. The topological polar surface area (TPSA) is 124 Å². The number of nitrogens with zero attached hydrogens (tertiary/aromatic N) is 12. The molecule has 0 unspecified atom stereocenters. The molecule has 0 aliphatic carbocycles. The van der Waals surface area contributed by atoms with Crippen LogP contribution in [0.15, 0.2) is 0 Å². The van der Waals surface area contributed by atoms with Gasteiger partial charge in [-0.25, -0.2) is 0 Å². The van der Waals surface area contributed by atoms with E-state index in [1.807, 2.05) is 150 Å². The maximum atomic E-state index is 10.2. The molecule has 4 saturated heterocycles. The van der Waals surface area contributed by atoms with E-state index in [-0.39, 0.29) is 23.1 Å². The molecule has 45 heavy (non-hydrogen) atoms. The first-order valence-corrected chi connectivity index (χ1v) is 21.3. The third-order valence-corrected chi connectivity index (χ3v) is 20.7. The van der Waals surface area contributed by atoms with Crippen molar-refractivity contribution >= 4 is 53.4 Å². The van der Waals surface area contributed by atoms with E-state index >= 15 is 0 Å². The van der Waals surface area contributed by atoms with Crippen LogP contribution in [0.5, 0.6) is 0 Å². The van der Waals surface area contributed by atoms with E-state index < -0.39 is 30.4 Å². The molecule has 0 spiro atoms. The Kier molecular flexibility index (Phi) is 18.9. The van der Waals surface area contributed by atoms with Crippen LogP contribution in [0.1, 0.15) is 0 Å². The van der Waals surface area contributed by atoms with Crippen molar-refractivity contribution in [2.45, 2.75) is 0 Å². The van der Waals surface area contributed by atoms with Crippen LogP contribution in [0.4, 0.5) is 0 Å². The third-order valence-electron chi connectivity index (χ3n) is 7.51. The largest absolute Gasteiger partial charge is 2.00 e. The van der Waals surface area contributed by atoms with Gasteiger partial charge in [0.05, 0.1) is 0 Å². The molecule has 0 aromatic carbocycles. The van der Waals surface area contributed by atoms with Crippen LogP contribution in [0, 0.1) is 0 Å². The van der Waals surface area contributed by atoms with Gasteiger partial charge in [0.1, 0.15) is 0 Å². The minimum Gasteiger partial charge on any atom is -0.277 e. The fourth-order valence-corrected chi connectivity index (χ4v) is 14.1. The van der Waals surface area contributed by atoms with Crippen LogP contribution < -0.4 is 0 Å². The van der Waals surface area contributed by atoms with Gasteiger partial charge in [0, 0.05) is 165 Å². The number of hydrogen-bond donors (Lipinski definition) is 0. The normalized spacial score (nSPS) is 19.4. The SMILES string of the molecule is CN(C)P(=[OH+])(N(C)C)N1CC1.CN(C)P(=[OH+])(N(C)C)N1CC1.CN(C)P(=[OH+])(N(C)C)N1CC1.CN(C)P(=[OH+])(N(C)C)N1CC1.[Mg+2]. The Hall–Kier alpha value is 1.21. The first kappa shape index (κ1) is 46.2. The summed E-state index contributed by atoms with van der Waals surface area (Å²) in [7, 11) is 22.5. The minimum absolute atomic E-state index is 0. The zero-order chi connectivity index (χ0) is 34.6. The second-order valence-corrected chi connectivity index (χ2v) is 25.7. The molecule has 4 aliphatic heterocycles. The molecule has 0 amide bonds. The maximum Gasteiger partial charge on any atom is 2.00 e. The van der Waals surface area contributed by atoms with Crippen LogP contribution in [0.25, 0.3) is 0 Å². The first-order chi connectivity index (χ1) is 20.0. The minimum atomic E-state index is -2.07. The summed E-state index contributed by atoms with van der Waals surface area (Å²) in [6.07, 6.45) is 0. The smallest absolute Gasteiger partial charge is 0.277 e. The molecular formula is C24H68MgN12O4P4+6. The number of rotatable bonds is 12. The fraction of sp³-hybridized carbons (Fsp3) is 1.00. The first-order valence-electron chi connectivity index (χ1n) is 14.9. The third kappa shape index (κ3) is 11.6. The molecule has 0 radical (unpaired) electrons. The Morgan fingerprint density at radius 2 is 0.378 bits per heavy atom. The van der Waals surface area contributed by atoms with Crippen molar-refractivity contribution < 1.29 is 18.3 Å². The quantitative estimate of drug-likeness (QED) is 0.125. The summed E-state index contributed by atoms with van der Waals surface area (Å²) >= 11 is 0. The molecule has 0 bridgehead atoms. The molecular weight excluding hydrogens is 669 g/mol. The van der Waals surface area contributed by atoms with Crippen LogP contribution in [0.2, 0.25) is 0 Å². The molecule has 4 rings (SSSR count). The molecule has 4 N–H and O–H groups in total. The van der Waals surface area contributed by atoms with Crippen molar-refractivity contribution in [2.24, 2.45) is 0 Å². The van der Waals surface area contributed by atoms with E-state index in [0.717, 1.165) is 52.4 Å². The van der Waals surface area contributed by atoms with Gasteiger partial charge in [-0.2, -0.15) is 56.0 Å². The van der Waals surface area contributed by atoms with Gasteiger partial charge in [0.2, 0.25) is 0 Å². The van der Waals surface area contributed by atoms with Gasteiger partial charge in [-0.05, 0) is 0 Å². The maximum absolute atomic E-state index is 10.2. The molecule has 0 atom stereocenters. The standard InChI is InChI=1S/4C6H16N3OP.Mg/c4*1-7(2)11(10,8(3)4)9-5-6-9;/h4*5-6H2,1-4H3;/q;;;;+2/p+4. The summed E-state index contributed by atoms with van der Waals surface area (Å²) in [6, 6.07) is 0. The van der Waals surface area contributed by atoms with Crippen LogP contribution >= 0.6 is 30.4 Å². The van der Waals surface area contributed by atoms with E-state index in [0.29, 0.717) is 0 Å². The van der Waals surface area contributed by atoms with Gasteiger partial charge in [-0.1, -0.05) is 0 Å². The van der Waals surface area contributed by atoms with Crippen molar-refractivity contribution in [1.29, 1.82) is 0 Å². The Balaban J connectivity index is 0.000000569. The van der Waals surface area contributed by atoms with Crippen LogP contribution in [-0.4, -0.2) is 262 Å². The second-order valence-electron chi connectivity index (χ2n) is 12.7. The fourth-order valence-electron chi connectivity index (χ4n) is 4.71. The van der Waals surface area contributed by atoms with Gasteiger partial charge >= 0.3 is 53.4 Å². The van der Waals surface area contributed by atoms with Crippen molar-refractivity contribution in [2.75, 3.05) is 165 Å². The van der Waals surface area contributed by atoms with E-state index in [2.05, 4.69) is 18.7 Å². The molecule has 0 aromatic rings. The van der Waals surface area contributed by atoms with Gasteiger partial charge in [0.15, 0.2) is 0 Å². The zero-order valence-corrected chi connectivity index (χ0v) is 36.3. The van der Waals surface area contributed by atoms with E-state index in [9.17, 15) is 18.3 Å². The number of hydrogen-bond acceptors (Lipinski definition) is 0.